The SMILES string of the molecule is CCCC(=O)N1CCN(c2nc(Cc3ccccc3)ns2)CC1. The number of aromatic nitrogens is 2. The van der Waals surface area contributed by atoms with Gasteiger partial charge in [0.2, 0.25) is 11.0 Å². The van der Waals surface area contributed by atoms with Gasteiger partial charge in [-0.05, 0) is 12.0 Å². The summed E-state index contributed by atoms with van der Waals surface area (Å²) >= 11 is 1.46. The molecule has 1 aliphatic heterocycles. The van der Waals surface area contributed by atoms with Crippen LogP contribution in [0.1, 0.15) is 31.2 Å². The molecule has 2 heterocycles. The summed E-state index contributed by atoms with van der Waals surface area (Å²) in [6, 6.07) is 10.3. The molecule has 23 heavy (non-hydrogen) atoms. The van der Waals surface area contributed by atoms with Crippen molar-refractivity contribution in [2.75, 3.05) is 31.1 Å². The third kappa shape index (κ3) is 4.07. The van der Waals surface area contributed by atoms with Crippen molar-refractivity contribution < 1.29 is 4.79 Å². The number of benzene rings is 1. The standard InChI is InChI=1S/C17H22N4OS/c1-2-6-16(22)20-9-11-21(12-10-20)17-18-15(19-23-17)13-14-7-4-3-5-8-14/h3-5,7-8H,2,6,9-13H2,1H3. The summed E-state index contributed by atoms with van der Waals surface area (Å²) < 4.78 is 4.48. The van der Waals surface area contributed by atoms with Gasteiger partial charge in [0.1, 0.15) is 5.82 Å². The Kier molecular flexibility index (Phi) is 5.23. The molecule has 1 fully saturated rings. The first kappa shape index (κ1) is 15.9. The zero-order valence-corrected chi connectivity index (χ0v) is 14.3. The summed E-state index contributed by atoms with van der Waals surface area (Å²) in [6.07, 6.45) is 2.34. The lowest BCUT2D eigenvalue weighted by Gasteiger charge is -2.34. The number of carbonyl (C=O) groups is 1. The lowest BCUT2D eigenvalue weighted by molar-refractivity contribution is -0.131. The molecular weight excluding hydrogens is 308 g/mol. The van der Waals surface area contributed by atoms with Crippen LogP contribution in [0.2, 0.25) is 0 Å². The fourth-order valence-corrected chi connectivity index (χ4v) is 3.48. The zero-order valence-electron chi connectivity index (χ0n) is 13.4. The number of hydrogen-bond acceptors (Lipinski definition) is 5. The lowest BCUT2D eigenvalue weighted by atomic mass is 10.1. The molecule has 5 nitrogen and oxygen atoms in total. The molecule has 0 saturated carbocycles. The van der Waals surface area contributed by atoms with Gasteiger partial charge in [-0.25, -0.2) is 4.98 Å². The molecule has 0 unspecified atom stereocenters. The van der Waals surface area contributed by atoms with Crippen LogP contribution in [0.4, 0.5) is 5.13 Å². The van der Waals surface area contributed by atoms with Gasteiger partial charge >= 0.3 is 0 Å². The second kappa shape index (κ2) is 7.55. The van der Waals surface area contributed by atoms with E-state index in [4.69, 9.17) is 0 Å². The molecular formula is C17H22N4OS. The Hall–Kier alpha value is -1.95. The topological polar surface area (TPSA) is 49.3 Å². The molecule has 0 aliphatic carbocycles. The average Bonchev–Trinajstić information content (AvgIpc) is 3.05. The summed E-state index contributed by atoms with van der Waals surface area (Å²) in [7, 11) is 0. The maximum Gasteiger partial charge on any atom is 0.222 e. The van der Waals surface area contributed by atoms with Crippen molar-refractivity contribution in [2.24, 2.45) is 0 Å². The fourth-order valence-electron chi connectivity index (χ4n) is 2.74. The monoisotopic (exact) mass is 330 g/mol. The number of piperazine rings is 1. The van der Waals surface area contributed by atoms with Crippen molar-refractivity contribution in [1.29, 1.82) is 0 Å². The van der Waals surface area contributed by atoms with Crippen LogP contribution in [0.15, 0.2) is 30.3 Å². The minimum Gasteiger partial charge on any atom is -0.343 e. The van der Waals surface area contributed by atoms with Crippen LogP contribution < -0.4 is 4.90 Å². The maximum absolute atomic E-state index is 11.9. The van der Waals surface area contributed by atoms with Gasteiger partial charge in [-0.2, -0.15) is 4.37 Å². The van der Waals surface area contributed by atoms with E-state index in [2.05, 4.69) is 26.4 Å². The first-order chi connectivity index (χ1) is 11.3. The number of amides is 1. The predicted octanol–water partition coefficient (Wildman–Crippen LogP) is 2.58. The van der Waals surface area contributed by atoms with E-state index in [1.807, 2.05) is 30.0 Å². The van der Waals surface area contributed by atoms with Gasteiger partial charge in [-0.3, -0.25) is 4.79 Å². The maximum atomic E-state index is 11.9. The predicted molar refractivity (Wildman–Crippen MR) is 92.9 cm³/mol. The second-order valence-corrected chi connectivity index (χ2v) is 6.50. The van der Waals surface area contributed by atoms with E-state index in [-0.39, 0.29) is 5.91 Å². The highest BCUT2D eigenvalue weighted by atomic mass is 32.1. The van der Waals surface area contributed by atoms with Crippen LogP contribution in [0, 0.1) is 0 Å². The summed E-state index contributed by atoms with van der Waals surface area (Å²) in [5.41, 5.74) is 1.23. The first-order valence-electron chi connectivity index (χ1n) is 8.15. The molecule has 1 aromatic carbocycles. The highest BCUT2D eigenvalue weighted by molar-refractivity contribution is 7.09. The van der Waals surface area contributed by atoms with Crippen molar-refractivity contribution in [3.63, 3.8) is 0 Å². The third-order valence-corrected chi connectivity index (χ3v) is 4.84. The Balaban J connectivity index is 1.56. The highest BCUT2D eigenvalue weighted by Crippen LogP contribution is 2.20. The first-order valence-corrected chi connectivity index (χ1v) is 8.93. The minimum absolute atomic E-state index is 0.272. The Morgan fingerprint density at radius 1 is 1.17 bits per heavy atom. The van der Waals surface area contributed by atoms with E-state index in [1.165, 1.54) is 17.1 Å². The smallest absolute Gasteiger partial charge is 0.222 e. The van der Waals surface area contributed by atoms with E-state index >= 15 is 0 Å². The fraction of sp³-hybridized carbons (Fsp3) is 0.471. The van der Waals surface area contributed by atoms with E-state index < -0.39 is 0 Å². The minimum atomic E-state index is 0.272. The molecule has 3 rings (SSSR count). The molecule has 0 N–H and O–H groups in total. The molecule has 1 aliphatic rings. The van der Waals surface area contributed by atoms with E-state index in [9.17, 15) is 4.79 Å². The molecule has 0 bridgehead atoms. The molecule has 122 valence electrons. The van der Waals surface area contributed by atoms with Crippen LogP contribution in [0.5, 0.6) is 0 Å². The Morgan fingerprint density at radius 3 is 2.61 bits per heavy atom. The molecule has 0 spiro atoms. The number of nitrogens with zero attached hydrogens (tertiary/aromatic N) is 4. The van der Waals surface area contributed by atoms with Crippen LogP contribution >= 0.6 is 11.5 Å². The Morgan fingerprint density at radius 2 is 1.91 bits per heavy atom. The zero-order chi connectivity index (χ0) is 16.1. The molecule has 0 atom stereocenters. The molecule has 1 aromatic heterocycles. The number of rotatable bonds is 5. The lowest BCUT2D eigenvalue weighted by Crippen LogP contribution is -2.48. The summed E-state index contributed by atoms with van der Waals surface area (Å²) in [5, 5.41) is 0.971. The van der Waals surface area contributed by atoms with Crippen LogP contribution in [-0.2, 0) is 11.2 Å². The van der Waals surface area contributed by atoms with E-state index in [0.29, 0.717) is 6.42 Å². The Bertz CT molecular complexity index is 635. The van der Waals surface area contributed by atoms with Gasteiger partial charge in [-0.15, -0.1) is 0 Å². The molecule has 0 radical (unpaired) electrons. The van der Waals surface area contributed by atoms with Crippen molar-refractivity contribution >= 4 is 22.6 Å². The molecule has 2 aromatic rings. The van der Waals surface area contributed by atoms with Gasteiger partial charge in [0.15, 0.2) is 0 Å². The van der Waals surface area contributed by atoms with Gasteiger partial charge < -0.3 is 9.80 Å². The quantitative estimate of drug-likeness (QED) is 0.845. The summed E-state index contributed by atoms with van der Waals surface area (Å²) in [4.78, 5) is 20.8. The van der Waals surface area contributed by atoms with Gasteiger partial charge in [0.05, 0.1) is 0 Å². The number of carbonyl (C=O) groups excluding carboxylic acids is 1. The molecule has 6 heteroatoms. The summed E-state index contributed by atoms with van der Waals surface area (Å²) in [5.74, 6) is 1.15. The second-order valence-electron chi connectivity index (χ2n) is 5.77. The van der Waals surface area contributed by atoms with Gasteiger partial charge in [0.25, 0.3) is 0 Å². The van der Waals surface area contributed by atoms with Gasteiger partial charge in [0, 0.05) is 50.6 Å². The third-order valence-electron chi connectivity index (χ3n) is 4.03. The van der Waals surface area contributed by atoms with Crippen LogP contribution in [-0.4, -0.2) is 46.3 Å². The van der Waals surface area contributed by atoms with Crippen LogP contribution in [0.3, 0.4) is 0 Å². The normalized spacial score (nSPS) is 15.0. The van der Waals surface area contributed by atoms with Gasteiger partial charge in [-0.1, -0.05) is 37.3 Å². The van der Waals surface area contributed by atoms with Crippen molar-refractivity contribution in [3.05, 3.63) is 41.7 Å². The Labute approximate surface area is 141 Å². The van der Waals surface area contributed by atoms with Crippen LogP contribution in [0.25, 0.3) is 0 Å². The van der Waals surface area contributed by atoms with Crippen molar-refractivity contribution in [3.8, 4) is 0 Å². The molecule has 1 saturated heterocycles. The number of hydrogen-bond donors (Lipinski definition) is 0. The average molecular weight is 330 g/mol. The molecule has 1 amide bonds. The van der Waals surface area contributed by atoms with E-state index in [1.54, 1.807) is 0 Å². The highest BCUT2D eigenvalue weighted by Gasteiger charge is 2.22. The largest absolute Gasteiger partial charge is 0.343 e. The van der Waals surface area contributed by atoms with Crippen molar-refractivity contribution in [2.45, 2.75) is 26.2 Å². The summed E-state index contributed by atoms with van der Waals surface area (Å²) in [6.45, 7) is 5.30. The number of anilines is 1. The van der Waals surface area contributed by atoms with E-state index in [0.717, 1.165) is 50.0 Å². The van der Waals surface area contributed by atoms with Crippen molar-refractivity contribution in [1.82, 2.24) is 14.3 Å².